The molecule has 4 rings (SSSR count). The summed E-state index contributed by atoms with van der Waals surface area (Å²) in [6, 6.07) is 4.07. The van der Waals surface area contributed by atoms with Crippen LogP contribution in [0.3, 0.4) is 0 Å². The number of amides is 1. The number of hydrogen-bond acceptors (Lipinski definition) is 6. The van der Waals surface area contributed by atoms with E-state index < -0.39 is 0 Å². The minimum absolute atomic E-state index is 0.0911. The van der Waals surface area contributed by atoms with Crippen LogP contribution in [0.15, 0.2) is 40.7 Å². The van der Waals surface area contributed by atoms with Crippen LogP contribution in [0.1, 0.15) is 16.2 Å². The molecule has 0 atom stereocenters. The molecule has 0 radical (unpaired) electrons. The number of thiophene rings is 1. The Labute approximate surface area is 144 Å². The summed E-state index contributed by atoms with van der Waals surface area (Å²) in [6.07, 6.45) is 3.67. The van der Waals surface area contributed by atoms with Crippen molar-refractivity contribution < 1.29 is 4.79 Å². The van der Waals surface area contributed by atoms with Gasteiger partial charge >= 0.3 is 0 Å². The number of carbonyl (C=O) groups is 1. The number of hydrogen-bond donors (Lipinski definition) is 0. The Bertz CT molecular complexity index is 922. The van der Waals surface area contributed by atoms with Gasteiger partial charge in [0.15, 0.2) is 4.96 Å². The van der Waals surface area contributed by atoms with Crippen molar-refractivity contribution in [2.75, 3.05) is 7.05 Å². The third kappa shape index (κ3) is 2.80. The zero-order valence-corrected chi connectivity index (χ0v) is 14.6. The molecule has 0 spiro atoms. The van der Waals surface area contributed by atoms with Gasteiger partial charge in [-0.3, -0.25) is 9.20 Å². The second-order valence-corrected chi connectivity index (χ2v) is 7.68. The number of nitrogens with zero attached hydrogens (tertiary/aromatic N) is 4. The lowest BCUT2D eigenvalue weighted by Crippen LogP contribution is -2.26. The van der Waals surface area contributed by atoms with Gasteiger partial charge in [-0.05, 0) is 11.4 Å². The van der Waals surface area contributed by atoms with E-state index in [9.17, 15) is 4.79 Å². The van der Waals surface area contributed by atoms with Crippen LogP contribution in [0.5, 0.6) is 0 Å². The lowest BCUT2D eigenvalue weighted by molar-refractivity contribution is 0.0778. The average Bonchev–Trinajstić information content (AvgIpc) is 3.28. The van der Waals surface area contributed by atoms with E-state index in [4.69, 9.17) is 0 Å². The molecule has 4 aromatic rings. The molecule has 0 saturated carbocycles. The topological polar surface area (TPSA) is 50.5 Å². The zero-order chi connectivity index (χ0) is 15.8. The molecule has 0 N–H and O–H groups in total. The normalized spacial score (nSPS) is 11.2. The molecule has 0 aliphatic heterocycles. The Kier molecular flexibility index (Phi) is 3.72. The first-order valence-electron chi connectivity index (χ1n) is 6.86. The maximum absolute atomic E-state index is 12.5. The van der Waals surface area contributed by atoms with Gasteiger partial charge in [0.05, 0.1) is 17.1 Å². The first-order valence-corrected chi connectivity index (χ1v) is 9.50. The predicted molar refractivity (Wildman–Crippen MR) is 94.3 cm³/mol. The van der Waals surface area contributed by atoms with E-state index in [2.05, 4.69) is 16.0 Å². The summed E-state index contributed by atoms with van der Waals surface area (Å²) < 4.78 is 1.86. The van der Waals surface area contributed by atoms with E-state index in [0.717, 1.165) is 20.5 Å². The van der Waals surface area contributed by atoms with Gasteiger partial charge in [-0.15, -0.1) is 34.0 Å². The van der Waals surface area contributed by atoms with Crippen molar-refractivity contribution in [2.24, 2.45) is 0 Å². The highest BCUT2D eigenvalue weighted by molar-refractivity contribution is 7.20. The van der Waals surface area contributed by atoms with Gasteiger partial charge in [-0.2, -0.15) is 0 Å². The van der Waals surface area contributed by atoms with Gasteiger partial charge in [0.25, 0.3) is 5.91 Å². The molecule has 0 fully saturated rings. The van der Waals surface area contributed by atoms with Crippen molar-refractivity contribution in [1.29, 1.82) is 0 Å². The summed E-state index contributed by atoms with van der Waals surface area (Å²) in [6.45, 7) is 0.478. The molecule has 4 heterocycles. The highest BCUT2D eigenvalue weighted by atomic mass is 32.1. The monoisotopic (exact) mass is 360 g/mol. The summed E-state index contributed by atoms with van der Waals surface area (Å²) in [5, 5.41) is 6.99. The fourth-order valence-electron chi connectivity index (χ4n) is 2.23. The standard InChI is InChI=1S/C15H12N4OS3/c1-18(14(20)11-8-19-4-6-22-15(19)17-11)7-10-9-23-13(16-10)12-3-2-5-21-12/h2-6,8-9H,7H2,1H3. The third-order valence-corrected chi connectivity index (χ3v) is 6.04. The van der Waals surface area contributed by atoms with Crippen molar-refractivity contribution in [3.8, 4) is 9.88 Å². The molecule has 0 aliphatic carbocycles. The van der Waals surface area contributed by atoms with Gasteiger partial charge in [-0.25, -0.2) is 9.97 Å². The van der Waals surface area contributed by atoms with E-state index in [1.807, 2.05) is 32.8 Å². The molecule has 5 nitrogen and oxygen atoms in total. The summed E-state index contributed by atoms with van der Waals surface area (Å²) in [7, 11) is 1.78. The molecule has 1 amide bonds. The van der Waals surface area contributed by atoms with Crippen LogP contribution < -0.4 is 0 Å². The highest BCUT2D eigenvalue weighted by Gasteiger charge is 2.17. The second kappa shape index (κ2) is 5.88. The van der Waals surface area contributed by atoms with Crippen LogP contribution in [0.25, 0.3) is 14.8 Å². The minimum atomic E-state index is -0.0911. The van der Waals surface area contributed by atoms with E-state index >= 15 is 0 Å². The lowest BCUT2D eigenvalue weighted by atomic mass is 10.3. The fourth-order valence-corrected chi connectivity index (χ4v) is 4.56. The molecule has 0 aliphatic rings. The van der Waals surface area contributed by atoms with Crippen molar-refractivity contribution in [3.63, 3.8) is 0 Å². The lowest BCUT2D eigenvalue weighted by Gasteiger charge is -2.13. The maximum atomic E-state index is 12.5. The van der Waals surface area contributed by atoms with Gasteiger partial charge in [0.2, 0.25) is 0 Å². The summed E-state index contributed by atoms with van der Waals surface area (Å²) in [5.41, 5.74) is 1.36. The first kappa shape index (κ1) is 14.6. The molecule has 0 saturated heterocycles. The van der Waals surface area contributed by atoms with E-state index in [1.165, 1.54) is 11.3 Å². The SMILES string of the molecule is CN(Cc1csc(-c2cccs2)n1)C(=O)c1cn2ccsc2n1. The largest absolute Gasteiger partial charge is 0.334 e. The Morgan fingerprint density at radius 2 is 2.17 bits per heavy atom. The summed E-state index contributed by atoms with van der Waals surface area (Å²) in [4.78, 5) is 25.1. The Morgan fingerprint density at radius 1 is 1.26 bits per heavy atom. The Balaban J connectivity index is 1.50. The average molecular weight is 360 g/mol. The van der Waals surface area contributed by atoms with Crippen molar-refractivity contribution in [3.05, 3.63) is 52.1 Å². The molecule has 8 heteroatoms. The number of fused-ring (bicyclic) bond motifs is 1. The first-order chi connectivity index (χ1) is 11.2. The number of imidazole rings is 1. The highest BCUT2D eigenvalue weighted by Crippen LogP contribution is 2.28. The predicted octanol–water partition coefficient (Wildman–Crippen LogP) is 3.85. The Hall–Kier alpha value is -2.03. The molecule has 116 valence electrons. The van der Waals surface area contributed by atoms with Crippen LogP contribution in [-0.4, -0.2) is 32.2 Å². The smallest absolute Gasteiger partial charge is 0.274 e. The van der Waals surface area contributed by atoms with E-state index in [0.29, 0.717) is 12.2 Å². The summed E-state index contributed by atoms with van der Waals surface area (Å²) >= 11 is 4.79. The van der Waals surface area contributed by atoms with Crippen molar-refractivity contribution in [1.82, 2.24) is 19.3 Å². The van der Waals surface area contributed by atoms with Gasteiger partial charge < -0.3 is 4.90 Å². The van der Waals surface area contributed by atoms with Gasteiger partial charge in [-0.1, -0.05) is 6.07 Å². The molecule has 0 bridgehead atoms. The van der Waals surface area contributed by atoms with Crippen LogP contribution >= 0.6 is 34.0 Å². The molecular weight excluding hydrogens is 348 g/mol. The molecule has 0 unspecified atom stereocenters. The fraction of sp³-hybridized carbons (Fsp3) is 0.133. The molecule has 23 heavy (non-hydrogen) atoms. The number of aromatic nitrogens is 3. The van der Waals surface area contributed by atoms with Gasteiger partial charge in [0.1, 0.15) is 10.7 Å². The number of thiazole rings is 2. The second-order valence-electron chi connectivity index (χ2n) is 5.00. The molecule has 4 aromatic heterocycles. The van der Waals surface area contributed by atoms with Crippen LogP contribution in [0.4, 0.5) is 0 Å². The minimum Gasteiger partial charge on any atom is -0.334 e. The van der Waals surface area contributed by atoms with Crippen LogP contribution in [0.2, 0.25) is 0 Å². The van der Waals surface area contributed by atoms with Crippen molar-refractivity contribution >= 4 is 44.9 Å². The van der Waals surface area contributed by atoms with Crippen LogP contribution in [0, 0.1) is 0 Å². The van der Waals surface area contributed by atoms with Gasteiger partial charge in [0, 0.05) is 30.2 Å². The summed E-state index contributed by atoms with van der Waals surface area (Å²) in [5.74, 6) is -0.0911. The van der Waals surface area contributed by atoms with E-state index in [1.54, 1.807) is 40.8 Å². The molecular formula is C15H12N4OS3. The molecule has 0 aromatic carbocycles. The third-order valence-electron chi connectivity index (χ3n) is 3.34. The number of carbonyl (C=O) groups excluding carboxylic acids is 1. The van der Waals surface area contributed by atoms with Crippen molar-refractivity contribution in [2.45, 2.75) is 6.54 Å². The number of rotatable bonds is 4. The quantitative estimate of drug-likeness (QED) is 0.555. The van der Waals surface area contributed by atoms with Crippen LogP contribution in [-0.2, 0) is 6.54 Å². The maximum Gasteiger partial charge on any atom is 0.274 e. The van der Waals surface area contributed by atoms with E-state index in [-0.39, 0.29) is 5.91 Å². The zero-order valence-electron chi connectivity index (χ0n) is 12.2. The Morgan fingerprint density at radius 3 is 2.96 bits per heavy atom.